The summed E-state index contributed by atoms with van der Waals surface area (Å²) in [6, 6.07) is 8.92. The van der Waals surface area contributed by atoms with E-state index in [1.807, 2.05) is 0 Å². The van der Waals surface area contributed by atoms with Crippen LogP contribution >= 0.6 is 11.6 Å². The van der Waals surface area contributed by atoms with Crippen molar-refractivity contribution in [1.29, 1.82) is 0 Å². The molecule has 0 aliphatic heterocycles. The Bertz CT molecular complexity index is 1190. The number of nitrogens with one attached hydrogen (secondary N) is 1. The first kappa shape index (κ1) is 17.1. The Morgan fingerprint density at radius 2 is 1.85 bits per heavy atom. The molecule has 2 aromatic heterocycles. The van der Waals surface area contributed by atoms with Gasteiger partial charge in [-0.15, -0.1) is 0 Å². The molecule has 0 fully saturated rings. The van der Waals surface area contributed by atoms with Gasteiger partial charge in [0.05, 0.1) is 28.7 Å². The summed E-state index contributed by atoms with van der Waals surface area (Å²) in [5.41, 5.74) is 6.16. The van der Waals surface area contributed by atoms with Crippen LogP contribution in [0.1, 0.15) is 15.9 Å². The molecule has 0 amide bonds. The van der Waals surface area contributed by atoms with Crippen molar-refractivity contribution < 1.29 is 13.6 Å². The number of aromatic amines is 1. The summed E-state index contributed by atoms with van der Waals surface area (Å²) < 4.78 is 28.3. The summed E-state index contributed by atoms with van der Waals surface area (Å²) in [5, 5.41) is 0.568. The minimum atomic E-state index is -1.10. The molecule has 5 nitrogen and oxygen atoms in total. The quantitative estimate of drug-likeness (QED) is 0.406. The van der Waals surface area contributed by atoms with Gasteiger partial charge in [-0.25, -0.2) is 18.7 Å². The van der Waals surface area contributed by atoms with Crippen LogP contribution < -0.4 is 5.73 Å². The molecule has 2 aromatic carbocycles. The number of hydrogen-bond donors (Lipinski definition) is 2. The molecule has 4 aromatic rings. The summed E-state index contributed by atoms with van der Waals surface area (Å²) in [6.07, 6.45) is 2.85. The van der Waals surface area contributed by atoms with Crippen molar-refractivity contribution in [2.75, 3.05) is 5.73 Å². The average Bonchev–Trinajstić information content (AvgIpc) is 3.09. The van der Waals surface area contributed by atoms with E-state index in [0.29, 0.717) is 16.4 Å². The fourth-order valence-corrected chi connectivity index (χ4v) is 2.86. The van der Waals surface area contributed by atoms with Crippen LogP contribution in [0.5, 0.6) is 0 Å². The molecule has 0 atom stereocenters. The lowest BCUT2D eigenvalue weighted by Crippen LogP contribution is -2.09. The van der Waals surface area contributed by atoms with Gasteiger partial charge in [0.2, 0.25) is 5.78 Å². The van der Waals surface area contributed by atoms with Gasteiger partial charge in [0, 0.05) is 16.8 Å². The molecule has 8 heteroatoms. The molecule has 0 saturated heterocycles. The first-order valence-electron chi connectivity index (χ1n) is 7.84. The van der Waals surface area contributed by atoms with Crippen LogP contribution in [0.4, 0.5) is 14.5 Å². The molecule has 0 saturated carbocycles. The first-order chi connectivity index (χ1) is 13.0. The summed E-state index contributed by atoms with van der Waals surface area (Å²) >= 11 is 5.89. The van der Waals surface area contributed by atoms with E-state index in [1.165, 1.54) is 12.4 Å². The van der Waals surface area contributed by atoms with Gasteiger partial charge < -0.3 is 10.7 Å². The number of ketones is 1. The van der Waals surface area contributed by atoms with Gasteiger partial charge >= 0.3 is 0 Å². The molecule has 0 unspecified atom stereocenters. The minimum absolute atomic E-state index is 0.00304. The van der Waals surface area contributed by atoms with E-state index < -0.39 is 23.0 Å². The Morgan fingerprint density at radius 3 is 2.59 bits per heavy atom. The van der Waals surface area contributed by atoms with Gasteiger partial charge in [-0.3, -0.25) is 4.79 Å². The highest BCUT2D eigenvalue weighted by molar-refractivity contribution is 6.30. The smallest absolute Gasteiger partial charge is 0.202 e. The number of halogens is 3. The minimum Gasteiger partial charge on any atom is -0.396 e. The first-order valence-corrected chi connectivity index (χ1v) is 8.21. The summed E-state index contributed by atoms with van der Waals surface area (Å²) in [6.45, 7) is 0. The third-order valence-corrected chi connectivity index (χ3v) is 4.37. The fraction of sp³-hybridized carbons (Fsp3) is 0. The molecule has 0 bridgehead atoms. The van der Waals surface area contributed by atoms with Crippen LogP contribution in [0, 0.1) is 11.6 Å². The molecule has 0 aliphatic carbocycles. The van der Waals surface area contributed by atoms with E-state index in [0.717, 1.165) is 17.7 Å². The van der Waals surface area contributed by atoms with E-state index in [4.69, 9.17) is 17.3 Å². The van der Waals surface area contributed by atoms with Crippen molar-refractivity contribution in [3.63, 3.8) is 0 Å². The van der Waals surface area contributed by atoms with Crippen molar-refractivity contribution in [2.45, 2.75) is 0 Å². The summed E-state index contributed by atoms with van der Waals surface area (Å²) in [4.78, 5) is 24.2. The van der Waals surface area contributed by atoms with Crippen molar-refractivity contribution in [1.82, 2.24) is 15.0 Å². The lowest BCUT2D eigenvalue weighted by Gasteiger charge is -2.06. The molecule has 0 aliphatic rings. The predicted octanol–water partition coefficient (Wildman–Crippen LogP) is 4.37. The molecular weight excluding hydrogens is 374 g/mol. The molecule has 4 rings (SSSR count). The monoisotopic (exact) mass is 384 g/mol. The van der Waals surface area contributed by atoms with Crippen LogP contribution in [-0.4, -0.2) is 20.7 Å². The number of nitrogens with two attached hydrogens (primary N) is 1. The lowest BCUT2D eigenvalue weighted by atomic mass is 10.0. The largest absolute Gasteiger partial charge is 0.396 e. The summed E-state index contributed by atoms with van der Waals surface area (Å²) in [5.74, 6) is -2.97. The van der Waals surface area contributed by atoms with E-state index >= 15 is 0 Å². The Balaban J connectivity index is 1.86. The number of nitrogens with zero attached hydrogens (tertiary/aromatic N) is 2. The molecule has 134 valence electrons. The van der Waals surface area contributed by atoms with Crippen molar-refractivity contribution >= 4 is 34.2 Å². The summed E-state index contributed by atoms with van der Waals surface area (Å²) in [7, 11) is 0. The lowest BCUT2D eigenvalue weighted by molar-refractivity contribution is 0.103. The molecule has 27 heavy (non-hydrogen) atoms. The number of fused-ring (bicyclic) bond motifs is 1. The van der Waals surface area contributed by atoms with E-state index in [-0.39, 0.29) is 16.8 Å². The average molecular weight is 385 g/mol. The maximum absolute atomic E-state index is 14.2. The van der Waals surface area contributed by atoms with Gasteiger partial charge in [0.25, 0.3) is 0 Å². The number of aromatic nitrogens is 3. The van der Waals surface area contributed by atoms with Crippen LogP contribution in [0.3, 0.4) is 0 Å². The highest BCUT2D eigenvalue weighted by atomic mass is 35.5. The Hall–Kier alpha value is -3.32. The zero-order chi connectivity index (χ0) is 19.1. The fourth-order valence-electron chi connectivity index (χ4n) is 2.74. The highest BCUT2D eigenvalue weighted by Gasteiger charge is 2.24. The standard InChI is InChI=1S/C19H11ClF2N4O/c20-10-3-1-9(2-4-10)14-8-25-19-17(26-14)11(7-24-19)18(27)15-12(21)5-6-13(23)16(15)22/h1-8H,23H2,(H,24,25). The maximum atomic E-state index is 14.2. The number of rotatable bonds is 3. The second-order valence-corrected chi connectivity index (χ2v) is 6.25. The Morgan fingerprint density at radius 1 is 1.11 bits per heavy atom. The number of carbonyl (C=O) groups is 1. The van der Waals surface area contributed by atoms with Crippen molar-refractivity contribution in [3.05, 3.63) is 76.6 Å². The van der Waals surface area contributed by atoms with Crippen molar-refractivity contribution in [2.24, 2.45) is 0 Å². The molecule has 0 spiro atoms. The van der Waals surface area contributed by atoms with Crippen molar-refractivity contribution in [3.8, 4) is 11.3 Å². The van der Waals surface area contributed by atoms with E-state index in [9.17, 15) is 13.6 Å². The second kappa shape index (κ2) is 6.44. The highest BCUT2D eigenvalue weighted by Crippen LogP contribution is 2.26. The zero-order valence-corrected chi connectivity index (χ0v) is 14.4. The molecular formula is C19H11ClF2N4O. The predicted molar refractivity (Wildman–Crippen MR) is 98.5 cm³/mol. The topological polar surface area (TPSA) is 84.7 Å². The van der Waals surface area contributed by atoms with Gasteiger partial charge in [-0.1, -0.05) is 23.7 Å². The van der Waals surface area contributed by atoms with Crippen LogP contribution in [0.25, 0.3) is 22.4 Å². The van der Waals surface area contributed by atoms with Gasteiger partial charge in [0.15, 0.2) is 11.5 Å². The van der Waals surface area contributed by atoms with Gasteiger partial charge in [0.1, 0.15) is 11.3 Å². The third-order valence-electron chi connectivity index (χ3n) is 4.11. The number of benzene rings is 2. The number of carbonyl (C=O) groups excluding carboxylic acids is 1. The second-order valence-electron chi connectivity index (χ2n) is 5.82. The van der Waals surface area contributed by atoms with Crippen LogP contribution in [0.15, 0.2) is 48.8 Å². The van der Waals surface area contributed by atoms with E-state index in [1.54, 1.807) is 24.3 Å². The Kier molecular flexibility index (Phi) is 4.08. The molecule has 2 heterocycles. The Labute approximate surface area is 156 Å². The number of nitrogen functional groups attached to an aromatic ring is 1. The molecule has 0 radical (unpaired) electrons. The molecule has 3 N–H and O–H groups in total. The van der Waals surface area contributed by atoms with Crippen LogP contribution in [-0.2, 0) is 0 Å². The van der Waals surface area contributed by atoms with Gasteiger partial charge in [-0.05, 0) is 24.3 Å². The number of hydrogen-bond acceptors (Lipinski definition) is 4. The third kappa shape index (κ3) is 2.92. The normalized spacial score (nSPS) is 11.1. The van der Waals surface area contributed by atoms with E-state index in [2.05, 4.69) is 15.0 Å². The zero-order valence-electron chi connectivity index (χ0n) is 13.6. The number of anilines is 1. The number of H-pyrrole nitrogens is 1. The van der Waals surface area contributed by atoms with Crippen LogP contribution in [0.2, 0.25) is 5.02 Å². The SMILES string of the molecule is Nc1ccc(F)c(C(=O)c2c[nH]c3ncc(-c4ccc(Cl)cc4)nc23)c1F. The maximum Gasteiger partial charge on any atom is 0.202 e. The van der Waals surface area contributed by atoms with Gasteiger partial charge in [-0.2, -0.15) is 0 Å².